The molecule has 1 saturated heterocycles. The van der Waals surface area contributed by atoms with Crippen LogP contribution in [0.1, 0.15) is 12.8 Å². The van der Waals surface area contributed by atoms with Crippen molar-refractivity contribution in [2.24, 2.45) is 0 Å². The van der Waals surface area contributed by atoms with E-state index in [2.05, 4.69) is 27.1 Å². The van der Waals surface area contributed by atoms with Crippen molar-refractivity contribution >= 4 is 17.4 Å². The standard InChI is InChI=1S/C20H26N4O2/c1-23-11-13-24(14-12-23)19-10-9-17(16-21-19)22-20(25)8-5-15-26-18-6-3-2-4-7-18/h2-4,6-7,9-10,16H,5,8,11-15H2,1H3,(H,22,25). The highest BCUT2D eigenvalue weighted by molar-refractivity contribution is 5.90. The van der Waals surface area contributed by atoms with Crippen molar-refractivity contribution in [1.82, 2.24) is 9.88 Å². The number of amides is 1. The van der Waals surface area contributed by atoms with Crippen LogP contribution in [0.2, 0.25) is 0 Å². The third-order valence-electron chi connectivity index (χ3n) is 4.42. The molecule has 1 aliphatic rings. The Bertz CT molecular complexity index is 683. The van der Waals surface area contributed by atoms with Gasteiger partial charge in [-0.05, 0) is 37.7 Å². The molecule has 1 aliphatic heterocycles. The number of carbonyl (C=O) groups is 1. The normalized spacial score (nSPS) is 14.9. The highest BCUT2D eigenvalue weighted by Gasteiger charge is 2.15. The number of nitrogens with zero attached hydrogens (tertiary/aromatic N) is 3. The monoisotopic (exact) mass is 354 g/mol. The summed E-state index contributed by atoms with van der Waals surface area (Å²) in [5.41, 5.74) is 0.733. The molecule has 26 heavy (non-hydrogen) atoms. The average molecular weight is 354 g/mol. The number of aromatic nitrogens is 1. The molecule has 6 nitrogen and oxygen atoms in total. The lowest BCUT2D eigenvalue weighted by Crippen LogP contribution is -2.44. The number of ether oxygens (including phenoxy) is 1. The number of benzene rings is 1. The SMILES string of the molecule is CN1CCN(c2ccc(NC(=O)CCCOc3ccccc3)cn2)CC1. The number of hydrogen-bond donors (Lipinski definition) is 1. The first-order valence-electron chi connectivity index (χ1n) is 9.08. The number of rotatable bonds is 7. The number of carbonyl (C=O) groups excluding carboxylic acids is 1. The topological polar surface area (TPSA) is 57.7 Å². The van der Waals surface area contributed by atoms with Crippen LogP contribution in [0.4, 0.5) is 11.5 Å². The van der Waals surface area contributed by atoms with E-state index in [9.17, 15) is 4.79 Å². The van der Waals surface area contributed by atoms with Crippen LogP contribution in [0, 0.1) is 0 Å². The zero-order valence-electron chi connectivity index (χ0n) is 15.2. The fourth-order valence-electron chi connectivity index (χ4n) is 2.85. The summed E-state index contributed by atoms with van der Waals surface area (Å²) in [6.07, 6.45) is 2.83. The first-order valence-corrected chi connectivity index (χ1v) is 9.08. The van der Waals surface area contributed by atoms with E-state index in [0.29, 0.717) is 19.4 Å². The Balaban J connectivity index is 1.38. The van der Waals surface area contributed by atoms with Crippen LogP contribution < -0.4 is 15.0 Å². The Morgan fingerprint density at radius 3 is 2.58 bits per heavy atom. The molecule has 1 amide bonds. The molecular weight excluding hydrogens is 328 g/mol. The summed E-state index contributed by atoms with van der Waals surface area (Å²) >= 11 is 0. The number of pyridine rings is 1. The van der Waals surface area contributed by atoms with E-state index < -0.39 is 0 Å². The van der Waals surface area contributed by atoms with Gasteiger partial charge in [-0.1, -0.05) is 18.2 Å². The fourth-order valence-corrected chi connectivity index (χ4v) is 2.85. The largest absolute Gasteiger partial charge is 0.494 e. The smallest absolute Gasteiger partial charge is 0.224 e. The predicted octanol–water partition coefficient (Wildman–Crippen LogP) is 2.63. The summed E-state index contributed by atoms with van der Waals surface area (Å²) < 4.78 is 5.60. The van der Waals surface area contributed by atoms with Gasteiger partial charge in [-0.25, -0.2) is 4.98 Å². The Morgan fingerprint density at radius 2 is 1.88 bits per heavy atom. The number of piperazine rings is 1. The van der Waals surface area contributed by atoms with E-state index in [1.165, 1.54) is 0 Å². The second kappa shape index (κ2) is 9.20. The van der Waals surface area contributed by atoms with E-state index in [0.717, 1.165) is 43.4 Å². The van der Waals surface area contributed by atoms with Crippen molar-refractivity contribution in [1.29, 1.82) is 0 Å². The minimum Gasteiger partial charge on any atom is -0.494 e. The second-order valence-corrected chi connectivity index (χ2v) is 6.51. The van der Waals surface area contributed by atoms with Crippen molar-refractivity contribution in [2.45, 2.75) is 12.8 Å². The molecule has 0 atom stereocenters. The van der Waals surface area contributed by atoms with Gasteiger partial charge in [-0.15, -0.1) is 0 Å². The second-order valence-electron chi connectivity index (χ2n) is 6.51. The maximum atomic E-state index is 12.0. The lowest BCUT2D eigenvalue weighted by atomic mass is 10.3. The van der Waals surface area contributed by atoms with Crippen LogP contribution >= 0.6 is 0 Å². The van der Waals surface area contributed by atoms with E-state index in [4.69, 9.17) is 4.74 Å². The van der Waals surface area contributed by atoms with E-state index >= 15 is 0 Å². The van der Waals surface area contributed by atoms with Gasteiger partial charge in [0.25, 0.3) is 0 Å². The summed E-state index contributed by atoms with van der Waals surface area (Å²) in [6.45, 7) is 4.59. The van der Waals surface area contributed by atoms with Crippen molar-refractivity contribution in [2.75, 3.05) is 50.1 Å². The maximum absolute atomic E-state index is 12.0. The number of para-hydroxylation sites is 1. The van der Waals surface area contributed by atoms with Crippen LogP contribution in [0.25, 0.3) is 0 Å². The average Bonchev–Trinajstić information content (AvgIpc) is 2.67. The lowest BCUT2D eigenvalue weighted by molar-refractivity contribution is -0.116. The molecule has 1 N–H and O–H groups in total. The van der Waals surface area contributed by atoms with Crippen molar-refractivity contribution < 1.29 is 9.53 Å². The van der Waals surface area contributed by atoms with Gasteiger partial charge >= 0.3 is 0 Å². The van der Waals surface area contributed by atoms with Crippen molar-refractivity contribution in [3.63, 3.8) is 0 Å². The van der Waals surface area contributed by atoms with Crippen LogP contribution in [-0.4, -0.2) is 55.6 Å². The summed E-state index contributed by atoms with van der Waals surface area (Å²) in [4.78, 5) is 21.1. The summed E-state index contributed by atoms with van der Waals surface area (Å²) in [7, 11) is 2.13. The summed E-state index contributed by atoms with van der Waals surface area (Å²) in [5.74, 6) is 1.78. The van der Waals surface area contributed by atoms with Crippen LogP contribution in [0.3, 0.4) is 0 Å². The van der Waals surface area contributed by atoms with Crippen LogP contribution in [0.15, 0.2) is 48.7 Å². The quantitative estimate of drug-likeness (QED) is 0.775. The van der Waals surface area contributed by atoms with Gasteiger partial charge in [0.1, 0.15) is 11.6 Å². The number of nitrogens with one attached hydrogen (secondary N) is 1. The van der Waals surface area contributed by atoms with E-state index in [1.807, 2.05) is 42.5 Å². The third kappa shape index (κ3) is 5.46. The fraction of sp³-hybridized carbons (Fsp3) is 0.400. The van der Waals surface area contributed by atoms with Crippen molar-refractivity contribution in [3.05, 3.63) is 48.7 Å². The van der Waals surface area contributed by atoms with Gasteiger partial charge in [0.05, 0.1) is 18.5 Å². The first-order chi connectivity index (χ1) is 12.7. The zero-order chi connectivity index (χ0) is 18.2. The predicted molar refractivity (Wildman–Crippen MR) is 104 cm³/mol. The molecule has 0 spiro atoms. The highest BCUT2D eigenvalue weighted by atomic mass is 16.5. The highest BCUT2D eigenvalue weighted by Crippen LogP contribution is 2.16. The lowest BCUT2D eigenvalue weighted by Gasteiger charge is -2.33. The Hall–Kier alpha value is -2.60. The molecule has 1 fully saturated rings. The molecule has 0 saturated carbocycles. The van der Waals surface area contributed by atoms with Gasteiger partial charge < -0.3 is 19.9 Å². The Kier molecular flexibility index (Phi) is 6.44. The number of hydrogen-bond acceptors (Lipinski definition) is 5. The van der Waals surface area contributed by atoms with Gasteiger partial charge in [0, 0.05) is 32.6 Å². The Labute approximate surface area is 154 Å². The van der Waals surface area contributed by atoms with Crippen LogP contribution in [-0.2, 0) is 4.79 Å². The van der Waals surface area contributed by atoms with Gasteiger partial charge in [0.15, 0.2) is 0 Å². The molecule has 1 aromatic heterocycles. The molecular formula is C20H26N4O2. The molecule has 2 heterocycles. The molecule has 0 radical (unpaired) electrons. The van der Waals surface area contributed by atoms with Gasteiger partial charge in [-0.2, -0.15) is 0 Å². The molecule has 0 unspecified atom stereocenters. The van der Waals surface area contributed by atoms with Gasteiger partial charge in [-0.3, -0.25) is 4.79 Å². The number of anilines is 2. The zero-order valence-corrected chi connectivity index (χ0v) is 15.2. The molecule has 0 aliphatic carbocycles. The molecule has 0 bridgehead atoms. The minimum atomic E-state index is -0.0178. The first kappa shape index (κ1) is 18.2. The molecule has 138 valence electrons. The van der Waals surface area contributed by atoms with Crippen LogP contribution in [0.5, 0.6) is 5.75 Å². The van der Waals surface area contributed by atoms with E-state index in [1.54, 1.807) is 6.20 Å². The summed E-state index contributed by atoms with van der Waals surface area (Å²) in [5, 5.41) is 2.89. The molecule has 6 heteroatoms. The minimum absolute atomic E-state index is 0.0178. The van der Waals surface area contributed by atoms with E-state index in [-0.39, 0.29) is 5.91 Å². The van der Waals surface area contributed by atoms with Crippen molar-refractivity contribution in [3.8, 4) is 5.75 Å². The molecule has 3 rings (SSSR count). The maximum Gasteiger partial charge on any atom is 0.224 e. The van der Waals surface area contributed by atoms with Gasteiger partial charge in [0.2, 0.25) is 5.91 Å². The molecule has 1 aromatic carbocycles. The Morgan fingerprint density at radius 1 is 1.12 bits per heavy atom. The molecule has 2 aromatic rings. The third-order valence-corrected chi connectivity index (χ3v) is 4.42. The number of likely N-dealkylation sites (N-methyl/N-ethyl adjacent to an activating group) is 1. The summed E-state index contributed by atoms with van der Waals surface area (Å²) in [6, 6.07) is 13.5.